The van der Waals surface area contributed by atoms with Crippen molar-refractivity contribution >= 4 is 11.4 Å². The van der Waals surface area contributed by atoms with Gasteiger partial charge in [-0.1, -0.05) is 5.21 Å². The first kappa shape index (κ1) is 26.3. The number of benzene rings is 1. The van der Waals surface area contributed by atoms with Crippen LogP contribution in [0.5, 0.6) is 5.75 Å². The summed E-state index contributed by atoms with van der Waals surface area (Å²) in [6.45, 7) is 1.36. The molecular weight excluding hydrogens is 545 g/mol. The van der Waals surface area contributed by atoms with Crippen molar-refractivity contribution in [1.29, 1.82) is 0 Å². The Morgan fingerprint density at radius 1 is 1.21 bits per heavy atom. The maximum atomic E-state index is 15.1. The van der Waals surface area contributed by atoms with E-state index in [1.807, 2.05) is 10.6 Å². The summed E-state index contributed by atoms with van der Waals surface area (Å²) in [7, 11) is 1.38. The van der Waals surface area contributed by atoms with Crippen molar-refractivity contribution in [3.8, 4) is 11.4 Å². The highest BCUT2D eigenvalue weighted by atomic mass is 19.1. The standard InChI is InChI=1S/C28H28FN9O4/c1-41-25-7-5-23(38-15-30-33-35-38)20(26(25)29)4-6-24(39)22-12-37(34-32-22)11-19-10-36-9-17(16-2-3-16)8-21(28(36)31-19)27(40)18-13-42-14-18/h5,7-10,12,15-16,18,27,40H,2-4,6,11,13-14H2,1H3. The molecular formula is C28H28FN9O4. The van der Waals surface area contributed by atoms with Gasteiger partial charge in [-0.3, -0.25) is 4.79 Å². The molecule has 2 aliphatic rings. The van der Waals surface area contributed by atoms with E-state index in [0.29, 0.717) is 30.5 Å². The Hall–Kier alpha value is -4.56. The normalized spacial score (nSPS) is 16.1. The van der Waals surface area contributed by atoms with Crippen LogP contribution in [0.2, 0.25) is 0 Å². The number of hydrogen-bond acceptors (Lipinski definition) is 10. The molecule has 5 heterocycles. The van der Waals surface area contributed by atoms with Gasteiger partial charge in [0.15, 0.2) is 17.3 Å². The predicted molar refractivity (Wildman–Crippen MR) is 144 cm³/mol. The minimum Gasteiger partial charge on any atom is -0.494 e. The van der Waals surface area contributed by atoms with Crippen molar-refractivity contribution in [3.05, 3.63) is 77.0 Å². The number of halogens is 1. The van der Waals surface area contributed by atoms with Gasteiger partial charge in [0, 0.05) is 35.9 Å². The van der Waals surface area contributed by atoms with E-state index in [-0.39, 0.29) is 48.1 Å². The zero-order chi connectivity index (χ0) is 28.8. The summed E-state index contributed by atoms with van der Waals surface area (Å²) in [5.74, 6) is -0.228. The average molecular weight is 574 g/mol. The summed E-state index contributed by atoms with van der Waals surface area (Å²) >= 11 is 0. The first-order valence-corrected chi connectivity index (χ1v) is 13.8. The molecule has 7 rings (SSSR count). The quantitative estimate of drug-likeness (QED) is 0.234. The number of carbonyl (C=O) groups excluding carboxylic acids is 1. The molecule has 42 heavy (non-hydrogen) atoms. The average Bonchev–Trinajstić information content (AvgIpc) is 3.31. The molecule has 0 radical (unpaired) electrons. The Morgan fingerprint density at radius 3 is 2.79 bits per heavy atom. The fraction of sp³-hybridized carbons (Fsp3) is 0.393. The Kier molecular flexibility index (Phi) is 6.70. The highest BCUT2D eigenvalue weighted by Gasteiger charge is 2.32. The van der Waals surface area contributed by atoms with Crippen LogP contribution in [0.1, 0.15) is 64.2 Å². The Morgan fingerprint density at radius 2 is 2.07 bits per heavy atom. The Labute approximate surface area is 238 Å². The molecule has 216 valence electrons. The molecule has 1 atom stereocenters. The van der Waals surface area contributed by atoms with Gasteiger partial charge < -0.3 is 19.0 Å². The fourth-order valence-electron chi connectivity index (χ4n) is 5.33. The highest BCUT2D eigenvalue weighted by Crippen LogP contribution is 2.42. The number of imidazole rings is 1. The van der Waals surface area contributed by atoms with Gasteiger partial charge in [-0.15, -0.1) is 10.2 Å². The van der Waals surface area contributed by atoms with Gasteiger partial charge in [-0.25, -0.2) is 18.7 Å². The SMILES string of the molecule is COc1ccc(-n2cnnn2)c(CCC(=O)c2cn(Cc3cn4cc(C5CC5)cc(C(O)C5COC5)c4n3)nn2)c1F. The molecule has 0 spiro atoms. The van der Waals surface area contributed by atoms with Gasteiger partial charge in [0.2, 0.25) is 0 Å². The lowest BCUT2D eigenvalue weighted by Crippen LogP contribution is -2.33. The Balaban J connectivity index is 1.09. The molecule has 13 nitrogen and oxygen atoms in total. The molecule has 0 bridgehead atoms. The van der Waals surface area contributed by atoms with Gasteiger partial charge in [-0.2, -0.15) is 0 Å². The molecule has 1 aliphatic carbocycles. The second-order valence-corrected chi connectivity index (χ2v) is 10.8. The number of tetrazole rings is 1. The van der Waals surface area contributed by atoms with Gasteiger partial charge in [0.1, 0.15) is 17.7 Å². The summed E-state index contributed by atoms with van der Waals surface area (Å²) < 4.78 is 30.4. The van der Waals surface area contributed by atoms with Crippen LogP contribution >= 0.6 is 0 Å². The van der Waals surface area contributed by atoms with E-state index in [9.17, 15) is 9.90 Å². The lowest BCUT2D eigenvalue weighted by Gasteiger charge is -2.31. The molecule has 1 saturated heterocycles. The molecule has 0 amide bonds. The zero-order valence-electron chi connectivity index (χ0n) is 22.8. The zero-order valence-corrected chi connectivity index (χ0v) is 22.8. The molecule has 1 N–H and O–H groups in total. The number of methoxy groups -OCH3 is 1. The van der Waals surface area contributed by atoms with Crippen LogP contribution in [-0.2, 0) is 17.7 Å². The molecule has 2 fully saturated rings. The van der Waals surface area contributed by atoms with Crippen LogP contribution in [-0.4, -0.2) is 75.8 Å². The minimum absolute atomic E-state index is 0.0116. The first-order chi connectivity index (χ1) is 20.5. The summed E-state index contributed by atoms with van der Waals surface area (Å²) in [6.07, 6.45) is 8.63. The van der Waals surface area contributed by atoms with E-state index >= 15 is 4.39 Å². The number of hydrogen-bond donors (Lipinski definition) is 1. The van der Waals surface area contributed by atoms with Crippen LogP contribution in [0.4, 0.5) is 4.39 Å². The topological polar surface area (TPSA) is 147 Å². The van der Waals surface area contributed by atoms with Gasteiger partial charge in [0.05, 0.1) is 50.6 Å². The maximum Gasteiger partial charge on any atom is 0.185 e. The highest BCUT2D eigenvalue weighted by molar-refractivity contribution is 5.94. The molecule has 1 saturated carbocycles. The molecule has 5 aromatic rings. The summed E-state index contributed by atoms with van der Waals surface area (Å²) in [5, 5.41) is 30.3. The number of nitrogens with zero attached hydrogens (tertiary/aromatic N) is 9. The van der Waals surface area contributed by atoms with Crippen molar-refractivity contribution < 1.29 is 23.8 Å². The third kappa shape index (κ3) is 4.92. The molecule has 1 aromatic carbocycles. The summed E-state index contributed by atoms with van der Waals surface area (Å²) in [4.78, 5) is 17.8. The van der Waals surface area contributed by atoms with E-state index in [2.05, 4.69) is 38.1 Å². The van der Waals surface area contributed by atoms with Crippen LogP contribution in [0, 0.1) is 11.7 Å². The number of aromatic nitrogens is 9. The largest absolute Gasteiger partial charge is 0.494 e. The lowest BCUT2D eigenvalue weighted by molar-refractivity contribution is -0.0921. The number of Topliss-reactive ketones (excluding diaryl/α,β-unsaturated/α-hetero) is 1. The number of pyridine rings is 1. The van der Waals surface area contributed by atoms with Crippen LogP contribution in [0.25, 0.3) is 11.3 Å². The monoisotopic (exact) mass is 573 g/mol. The van der Waals surface area contributed by atoms with Crippen molar-refractivity contribution in [1.82, 2.24) is 44.6 Å². The lowest BCUT2D eigenvalue weighted by atomic mass is 9.93. The maximum absolute atomic E-state index is 15.1. The smallest absolute Gasteiger partial charge is 0.185 e. The Bertz CT molecular complexity index is 1760. The fourth-order valence-corrected chi connectivity index (χ4v) is 5.33. The van der Waals surface area contributed by atoms with E-state index in [4.69, 9.17) is 14.5 Å². The third-order valence-corrected chi connectivity index (χ3v) is 7.88. The number of aliphatic hydroxyl groups is 1. The van der Waals surface area contributed by atoms with Crippen LogP contribution in [0.3, 0.4) is 0 Å². The second-order valence-electron chi connectivity index (χ2n) is 10.8. The third-order valence-electron chi connectivity index (χ3n) is 7.88. The first-order valence-electron chi connectivity index (χ1n) is 13.8. The van der Waals surface area contributed by atoms with Crippen LogP contribution < -0.4 is 4.74 Å². The van der Waals surface area contributed by atoms with Crippen LogP contribution in [0.15, 0.2) is 43.1 Å². The van der Waals surface area contributed by atoms with E-state index in [1.165, 1.54) is 29.7 Å². The van der Waals surface area contributed by atoms with Crippen molar-refractivity contribution in [2.75, 3.05) is 20.3 Å². The predicted octanol–water partition coefficient (Wildman–Crippen LogP) is 2.47. The molecule has 1 aliphatic heterocycles. The van der Waals surface area contributed by atoms with Gasteiger partial charge in [-0.05, 0) is 59.4 Å². The number of fused-ring (bicyclic) bond motifs is 1. The van der Waals surface area contributed by atoms with E-state index in [0.717, 1.165) is 24.1 Å². The number of ether oxygens (including phenoxy) is 2. The van der Waals surface area contributed by atoms with Gasteiger partial charge >= 0.3 is 0 Å². The molecule has 1 unspecified atom stereocenters. The van der Waals surface area contributed by atoms with E-state index < -0.39 is 11.9 Å². The van der Waals surface area contributed by atoms with Crippen molar-refractivity contribution in [2.24, 2.45) is 5.92 Å². The number of ketones is 1. The second kappa shape index (κ2) is 10.7. The minimum atomic E-state index is -0.651. The van der Waals surface area contributed by atoms with E-state index in [1.54, 1.807) is 16.9 Å². The number of carbonyl (C=O) groups is 1. The van der Waals surface area contributed by atoms with Gasteiger partial charge in [0.25, 0.3) is 0 Å². The summed E-state index contributed by atoms with van der Waals surface area (Å²) in [5.41, 5.74) is 4.26. The molecule has 4 aromatic heterocycles. The molecule has 14 heteroatoms. The summed E-state index contributed by atoms with van der Waals surface area (Å²) in [6, 6.07) is 5.21. The van der Waals surface area contributed by atoms with Crippen molar-refractivity contribution in [2.45, 2.75) is 44.2 Å². The number of rotatable bonds is 11. The number of aliphatic hydroxyl groups excluding tert-OH is 1. The van der Waals surface area contributed by atoms with Crippen molar-refractivity contribution in [3.63, 3.8) is 0 Å².